The van der Waals surface area contributed by atoms with Crippen molar-refractivity contribution in [1.82, 2.24) is 4.90 Å². The summed E-state index contributed by atoms with van der Waals surface area (Å²) in [5.41, 5.74) is 3.06. The zero-order valence-corrected chi connectivity index (χ0v) is 14.9. The van der Waals surface area contributed by atoms with Crippen LogP contribution in [0.25, 0.3) is 0 Å². The summed E-state index contributed by atoms with van der Waals surface area (Å²) in [4.78, 5) is 31.6. The molecule has 2 aliphatic rings. The average Bonchev–Trinajstić information content (AvgIpc) is 3.33. The van der Waals surface area contributed by atoms with Gasteiger partial charge in [0.1, 0.15) is 5.71 Å². The first-order chi connectivity index (χ1) is 13.2. The van der Waals surface area contributed by atoms with Gasteiger partial charge in [0.25, 0.3) is 5.91 Å². The summed E-state index contributed by atoms with van der Waals surface area (Å²) < 4.78 is 0. The van der Waals surface area contributed by atoms with Gasteiger partial charge in [0.05, 0.1) is 0 Å². The molecule has 0 aliphatic carbocycles. The van der Waals surface area contributed by atoms with Gasteiger partial charge in [-0.2, -0.15) is 0 Å². The van der Waals surface area contributed by atoms with Gasteiger partial charge in [0, 0.05) is 31.6 Å². The Balaban J connectivity index is 1.37. The second-order valence-electron chi connectivity index (χ2n) is 6.82. The molecule has 0 spiro atoms. The third-order valence-corrected chi connectivity index (χ3v) is 4.83. The number of amides is 2. The Bertz CT molecular complexity index is 879. The number of likely N-dealkylation sites (tertiary alicyclic amines) is 1. The lowest BCUT2D eigenvalue weighted by molar-refractivity contribution is -0.128. The lowest BCUT2D eigenvalue weighted by Gasteiger charge is -2.16. The van der Waals surface area contributed by atoms with Crippen molar-refractivity contribution in [3.8, 4) is 0 Å². The van der Waals surface area contributed by atoms with Crippen LogP contribution in [0.2, 0.25) is 0 Å². The Morgan fingerprint density at radius 1 is 1.19 bits per heavy atom. The number of rotatable bonds is 5. The van der Waals surface area contributed by atoms with Gasteiger partial charge in [-0.25, -0.2) is 0 Å². The highest BCUT2D eigenvalue weighted by molar-refractivity contribution is 6.43. The van der Waals surface area contributed by atoms with Gasteiger partial charge in [-0.05, 0) is 29.7 Å². The van der Waals surface area contributed by atoms with Crippen molar-refractivity contribution in [1.29, 1.82) is 0 Å². The number of benzene rings is 2. The molecule has 1 unspecified atom stereocenters. The van der Waals surface area contributed by atoms with Crippen LogP contribution in [0.5, 0.6) is 0 Å². The summed E-state index contributed by atoms with van der Waals surface area (Å²) in [5.74, 6) is -0.0725. The first kappa shape index (κ1) is 17.3. The molecule has 2 aromatic rings. The molecule has 138 valence electrons. The molecule has 0 bridgehead atoms. The number of carbonyl (C=O) groups is 2. The molecule has 1 atom stereocenters. The fourth-order valence-electron chi connectivity index (χ4n) is 3.40. The number of nitrogens with zero attached hydrogens (tertiary/aromatic N) is 2. The minimum absolute atomic E-state index is 0.189. The molecule has 2 amide bonds. The van der Waals surface area contributed by atoms with Crippen LogP contribution in [-0.4, -0.2) is 29.0 Å². The zero-order valence-electron chi connectivity index (χ0n) is 14.9. The maximum atomic E-state index is 12.5. The van der Waals surface area contributed by atoms with E-state index in [-0.39, 0.29) is 17.9 Å². The molecule has 0 radical (unpaired) electrons. The predicted molar refractivity (Wildman–Crippen MR) is 102 cm³/mol. The molecule has 27 heavy (non-hydrogen) atoms. The molecular weight excluding hydrogens is 342 g/mol. The quantitative estimate of drug-likeness (QED) is 0.886. The monoisotopic (exact) mass is 363 g/mol. The van der Waals surface area contributed by atoms with Crippen LogP contribution in [0.3, 0.4) is 0 Å². The third kappa shape index (κ3) is 4.00. The van der Waals surface area contributed by atoms with Crippen LogP contribution in [-0.2, 0) is 21.0 Å². The highest BCUT2D eigenvalue weighted by Gasteiger charge is 2.27. The van der Waals surface area contributed by atoms with Crippen molar-refractivity contribution in [3.05, 3.63) is 65.7 Å². The predicted octanol–water partition coefficient (Wildman–Crippen LogP) is 3.27. The van der Waals surface area contributed by atoms with E-state index in [9.17, 15) is 9.59 Å². The number of oxime groups is 1. The topological polar surface area (TPSA) is 71.0 Å². The second kappa shape index (κ2) is 7.61. The molecule has 1 saturated heterocycles. The lowest BCUT2D eigenvalue weighted by atomic mass is 10.0. The van der Waals surface area contributed by atoms with Crippen molar-refractivity contribution in [2.24, 2.45) is 5.16 Å². The number of anilines is 1. The Hall–Kier alpha value is -3.15. The highest BCUT2D eigenvalue weighted by Crippen LogP contribution is 2.27. The van der Waals surface area contributed by atoms with E-state index in [2.05, 4.69) is 10.5 Å². The summed E-state index contributed by atoms with van der Waals surface area (Å²) in [6.45, 7) is 1.37. The van der Waals surface area contributed by atoms with E-state index in [0.29, 0.717) is 30.8 Å². The Morgan fingerprint density at radius 3 is 2.81 bits per heavy atom. The molecule has 2 aromatic carbocycles. The normalized spacial score (nSPS) is 19.0. The SMILES string of the molecule is O=C(Nc1cccc(CN2CCCC2=O)c1)C1=NOC(c2ccccc2)C1. The van der Waals surface area contributed by atoms with Crippen LogP contribution >= 0.6 is 0 Å². The third-order valence-electron chi connectivity index (χ3n) is 4.83. The van der Waals surface area contributed by atoms with Crippen LogP contribution in [0.4, 0.5) is 5.69 Å². The van der Waals surface area contributed by atoms with Gasteiger partial charge in [0.15, 0.2) is 6.10 Å². The molecule has 1 fully saturated rings. The Kier molecular flexibility index (Phi) is 4.87. The van der Waals surface area contributed by atoms with E-state index in [0.717, 1.165) is 24.1 Å². The van der Waals surface area contributed by atoms with Crippen molar-refractivity contribution < 1.29 is 14.4 Å². The van der Waals surface area contributed by atoms with E-state index >= 15 is 0 Å². The molecule has 2 heterocycles. The fourth-order valence-corrected chi connectivity index (χ4v) is 3.40. The van der Waals surface area contributed by atoms with E-state index < -0.39 is 0 Å². The van der Waals surface area contributed by atoms with Crippen LogP contribution in [0, 0.1) is 0 Å². The standard InChI is InChI=1S/C21H21N3O3/c25-20-10-5-11-24(20)14-15-6-4-9-17(12-15)22-21(26)18-13-19(27-23-18)16-7-2-1-3-8-16/h1-4,6-9,12,19H,5,10-11,13-14H2,(H,22,26). The van der Waals surface area contributed by atoms with E-state index in [4.69, 9.17) is 4.84 Å². The molecule has 6 nitrogen and oxygen atoms in total. The fraction of sp³-hybridized carbons (Fsp3) is 0.286. The van der Waals surface area contributed by atoms with E-state index in [1.807, 2.05) is 59.5 Å². The number of hydrogen-bond donors (Lipinski definition) is 1. The molecule has 2 aliphatic heterocycles. The van der Waals surface area contributed by atoms with Gasteiger partial charge in [-0.15, -0.1) is 0 Å². The van der Waals surface area contributed by atoms with Crippen molar-refractivity contribution in [2.45, 2.75) is 31.9 Å². The van der Waals surface area contributed by atoms with Crippen LogP contribution < -0.4 is 5.32 Å². The van der Waals surface area contributed by atoms with Crippen molar-refractivity contribution in [3.63, 3.8) is 0 Å². The van der Waals surface area contributed by atoms with Crippen molar-refractivity contribution >= 4 is 23.2 Å². The summed E-state index contributed by atoms with van der Waals surface area (Å²) in [7, 11) is 0. The summed E-state index contributed by atoms with van der Waals surface area (Å²) >= 11 is 0. The Labute approximate surface area is 157 Å². The first-order valence-corrected chi connectivity index (χ1v) is 9.15. The minimum Gasteiger partial charge on any atom is -0.387 e. The number of carbonyl (C=O) groups excluding carboxylic acids is 2. The zero-order chi connectivity index (χ0) is 18.6. The van der Waals surface area contributed by atoms with E-state index in [1.54, 1.807) is 0 Å². The maximum absolute atomic E-state index is 12.5. The molecule has 0 saturated carbocycles. The average molecular weight is 363 g/mol. The van der Waals surface area contributed by atoms with Gasteiger partial charge >= 0.3 is 0 Å². The molecule has 4 rings (SSSR count). The molecule has 6 heteroatoms. The summed E-state index contributed by atoms with van der Waals surface area (Å²) in [5, 5.41) is 6.84. The van der Waals surface area contributed by atoms with Gasteiger partial charge < -0.3 is 15.1 Å². The van der Waals surface area contributed by atoms with Gasteiger partial charge in [-0.3, -0.25) is 9.59 Å². The largest absolute Gasteiger partial charge is 0.387 e. The number of nitrogens with one attached hydrogen (secondary N) is 1. The summed E-state index contributed by atoms with van der Waals surface area (Å²) in [6.07, 6.45) is 1.76. The highest BCUT2D eigenvalue weighted by atomic mass is 16.6. The van der Waals surface area contributed by atoms with Gasteiger partial charge in [0.2, 0.25) is 5.91 Å². The molecule has 1 N–H and O–H groups in total. The van der Waals surface area contributed by atoms with Crippen LogP contribution in [0.15, 0.2) is 59.8 Å². The smallest absolute Gasteiger partial charge is 0.273 e. The second-order valence-corrected chi connectivity index (χ2v) is 6.82. The van der Waals surface area contributed by atoms with E-state index in [1.165, 1.54) is 0 Å². The summed E-state index contributed by atoms with van der Waals surface area (Å²) in [6, 6.07) is 17.3. The minimum atomic E-state index is -0.261. The van der Waals surface area contributed by atoms with Crippen LogP contribution in [0.1, 0.15) is 36.5 Å². The van der Waals surface area contributed by atoms with Crippen molar-refractivity contribution in [2.75, 3.05) is 11.9 Å². The number of hydrogen-bond acceptors (Lipinski definition) is 4. The lowest BCUT2D eigenvalue weighted by Crippen LogP contribution is -2.24. The van der Waals surface area contributed by atoms with Gasteiger partial charge in [-0.1, -0.05) is 47.6 Å². The Morgan fingerprint density at radius 2 is 2.04 bits per heavy atom. The first-order valence-electron chi connectivity index (χ1n) is 9.15. The maximum Gasteiger partial charge on any atom is 0.273 e. The molecular formula is C21H21N3O3. The molecule has 0 aromatic heterocycles.